The summed E-state index contributed by atoms with van der Waals surface area (Å²) in [6.45, 7) is 3.02. The molecular weight excluding hydrogens is 551 g/mol. The van der Waals surface area contributed by atoms with E-state index in [2.05, 4.69) is 26.0 Å². The quantitative estimate of drug-likeness (QED) is 0.309. The van der Waals surface area contributed by atoms with Crippen molar-refractivity contribution >= 4 is 27.5 Å². The molecule has 9 heteroatoms. The van der Waals surface area contributed by atoms with Gasteiger partial charge in [0.15, 0.2) is 5.82 Å². The van der Waals surface area contributed by atoms with Gasteiger partial charge < -0.3 is 15.0 Å². The van der Waals surface area contributed by atoms with Crippen LogP contribution in [0.25, 0.3) is 32.8 Å². The van der Waals surface area contributed by atoms with Crippen molar-refractivity contribution in [3.63, 3.8) is 0 Å². The first-order valence-corrected chi connectivity index (χ1v) is 15.1. The van der Waals surface area contributed by atoms with Crippen LogP contribution < -0.4 is 15.0 Å². The van der Waals surface area contributed by atoms with Crippen LogP contribution in [0.4, 0.5) is 19.0 Å². The number of rotatable bonds is 5. The average molecular weight is 584 g/mol. The molecule has 0 spiro atoms. The molecular formula is C34H32F3N5O. The molecule has 1 N–H and O–H groups in total. The highest BCUT2D eigenvalue weighted by Gasteiger charge is 2.49. The van der Waals surface area contributed by atoms with E-state index >= 15 is 4.39 Å². The number of hydrogen-bond acceptors (Lipinski definition) is 6. The molecule has 8 rings (SSSR count). The molecule has 4 aliphatic rings. The minimum absolute atomic E-state index is 0.0845. The summed E-state index contributed by atoms with van der Waals surface area (Å²) in [6.07, 6.45) is 9.27. The molecule has 4 aliphatic heterocycles. The molecule has 0 unspecified atom stereocenters. The number of aromatic nitrogens is 2. The van der Waals surface area contributed by atoms with E-state index in [1.165, 1.54) is 6.07 Å². The van der Waals surface area contributed by atoms with Gasteiger partial charge in [-0.1, -0.05) is 36.3 Å². The summed E-state index contributed by atoms with van der Waals surface area (Å²) in [6, 6.07) is 12.7. The Bertz CT molecular complexity index is 1800. The third-order valence-electron chi connectivity index (χ3n) is 9.94. The Morgan fingerprint density at radius 2 is 1.86 bits per heavy atom. The maximum Gasteiger partial charge on any atom is 0.319 e. The maximum absolute atomic E-state index is 16.7. The summed E-state index contributed by atoms with van der Waals surface area (Å²) in [5.41, 5.74) is 0.611. The smallest absolute Gasteiger partial charge is 0.319 e. The molecule has 2 bridgehead atoms. The molecule has 4 aromatic rings. The molecule has 4 saturated heterocycles. The first-order valence-electron chi connectivity index (χ1n) is 15.1. The van der Waals surface area contributed by atoms with Crippen LogP contribution in [0.2, 0.25) is 0 Å². The van der Waals surface area contributed by atoms with Gasteiger partial charge in [0.05, 0.1) is 11.1 Å². The SMILES string of the molecule is C#Cc1c(F)ccc2cccc(-c3ccc4c(N5C[C@H]6CC[C@@H](C5)N6)nc(OC[C@@]56CCCN5C[C@H](F)C6)nc4c3F)c12. The van der Waals surface area contributed by atoms with E-state index in [9.17, 15) is 8.78 Å². The second-order valence-corrected chi connectivity index (χ2v) is 12.5. The Morgan fingerprint density at radius 3 is 2.67 bits per heavy atom. The molecule has 5 heterocycles. The van der Waals surface area contributed by atoms with Crippen molar-refractivity contribution in [3.05, 3.63) is 59.7 Å². The number of piperazine rings is 1. The number of nitrogens with one attached hydrogen (secondary N) is 1. The summed E-state index contributed by atoms with van der Waals surface area (Å²) in [5.74, 6) is 2.02. The van der Waals surface area contributed by atoms with E-state index in [4.69, 9.17) is 16.1 Å². The number of halogens is 3. The van der Waals surface area contributed by atoms with Crippen LogP contribution in [0.15, 0.2) is 42.5 Å². The summed E-state index contributed by atoms with van der Waals surface area (Å²) >= 11 is 0. The van der Waals surface area contributed by atoms with Crippen molar-refractivity contribution in [2.75, 3.05) is 37.7 Å². The number of benzene rings is 3. The largest absolute Gasteiger partial charge is 0.461 e. The number of ether oxygens (including phenoxy) is 1. The lowest BCUT2D eigenvalue weighted by molar-refractivity contribution is 0.107. The molecule has 6 nitrogen and oxygen atoms in total. The molecule has 4 fully saturated rings. The number of hydrogen-bond donors (Lipinski definition) is 1. The zero-order chi connectivity index (χ0) is 29.3. The summed E-state index contributed by atoms with van der Waals surface area (Å²) < 4.78 is 52.2. The van der Waals surface area contributed by atoms with E-state index < -0.39 is 17.8 Å². The minimum Gasteiger partial charge on any atom is -0.461 e. The topological polar surface area (TPSA) is 53.5 Å². The number of anilines is 1. The fourth-order valence-electron chi connectivity index (χ4n) is 7.98. The maximum atomic E-state index is 16.7. The normalized spacial score (nSPS) is 26.7. The number of terminal acetylenes is 1. The molecule has 0 saturated carbocycles. The van der Waals surface area contributed by atoms with Gasteiger partial charge in [0, 0.05) is 54.5 Å². The summed E-state index contributed by atoms with van der Waals surface area (Å²) in [4.78, 5) is 13.9. The number of nitrogens with zero attached hydrogens (tertiary/aromatic N) is 4. The zero-order valence-corrected chi connectivity index (χ0v) is 23.8. The van der Waals surface area contributed by atoms with Gasteiger partial charge in [-0.2, -0.15) is 9.97 Å². The van der Waals surface area contributed by atoms with Crippen LogP contribution in [0, 0.1) is 24.0 Å². The molecule has 43 heavy (non-hydrogen) atoms. The second-order valence-electron chi connectivity index (χ2n) is 12.5. The zero-order valence-electron chi connectivity index (χ0n) is 23.8. The second kappa shape index (κ2) is 10.1. The first-order chi connectivity index (χ1) is 20.9. The number of alkyl halides is 1. The van der Waals surface area contributed by atoms with E-state index in [0.717, 1.165) is 50.7 Å². The molecule has 4 atom stereocenters. The Morgan fingerprint density at radius 1 is 1.02 bits per heavy atom. The van der Waals surface area contributed by atoms with Gasteiger partial charge in [0.2, 0.25) is 0 Å². The summed E-state index contributed by atoms with van der Waals surface area (Å²) in [7, 11) is 0. The molecule has 0 aliphatic carbocycles. The Balaban J connectivity index is 1.26. The third kappa shape index (κ3) is 4.34. The average Bonchev–Trinajstić information content (AvgIpc) is 3.66. The fraction of sp³-hybridized carbons (Fsp3) is 0.412. The highest BCUT2D eigenvalue weighted by molar-refractivity contribution is 6.03. The number of fused-ring (bicyclic) bond motifs is 5. The van der Waals surface area contributed by atoms with Crippen molar-refractivity contribution in [1.29, 1.82) is 0 Å². The van der Waals surface area contributed by atoms with Crippen LogP contribution in [0.5, 0.6) is 6.01 Å². The van der Waals surface area contributed by atoms with Gasteiger partial charge >= 0.3 is 6.01 Å². The van der Waals surface area contributed by atoms with Crippen molar-refractivity contribution in [1.82, 2.24) is 20.2 Å². The van der Waals surface area contributed by atoms with Crippen molar-refractivity contribution in [3.8, 4) is 29.5 Å². The van der Waals surface area contributed by atoms with Crippen molar-refractivity contribution < 1.29 is 17.9 Å². The van der Waals surface area contributed by atoms with Crippen LogP contribution in [0.3, 0.4) is 0 Å². The van der Waals surface area contributed by atoms with Gasteiger partial charge in [-0.15, -0.1) is 6.42 Å². The molecule has 220 valence electrons. The van der Waals surface area contributed by atoms with Gasteiger partial charge in [-0.05, 0) is 55.3 Å². The third-order valence-corrected chi connectivity index (χ3v) is 9.94. The van der Waals surface area contributed by atoms with Crippen LogP contribution in [-0.4, -0.2) is 71.4 Å². The van der Waals surface area contributed by atoms with Gasteiger partial charge in [0.25, 0.3) is 0 Å². The van der Waals surface area contributed by atoms with E-state index in [1.807, 2.05) is 18.2 Å². The predicted molar refractivity (Wildman–Crippen MR) is 161 cm³/mol. The highest BCUT2D eigenvalue weighted by Crippen LogP contribution is 2.42. The molecule has 3 aromatic carbocycles. The van der Waals surface area contributed by atoms with Gasteiger partial charge in [-0.25, -0.2) is 13.2 Å². The van der Waals surface area contributed by atoms with Gasteiger partial charge in [0.1, 0.15) is 29.9 Å². The van der Waals surface area contributed by atoms with Crippen LogP contribution >= 0.6 is 0 Å². The van der Waals surface area contributed by atoms with Gasteiger partial charge in [-0.3, -0.25) is 4.90 Å². The van der Waals surface area contributed by atoms with E-state index in [-0.39, 0.29) is 34.8 Å². The monoisotopic (exact) mass is 583 g/mol. The van der Waals surface area contributed by atoms with E-state index in [1.54, 1.807) is 18.2 Å². The van der Waals surface area contributed by atoms with Crippen molar-refractivity contribution in [2.45, 2.75) is 55.9 Å². The van der Waals surface area contributed by atoms with Crippen LogP contribution in [-0.2, 0) is 0 Å². The first kappa shape index (κ1) is 26.7. The summed E-state index contributed by atoms with van der Waals surface area (Å²) in [5, 5.41) is 5.43. The van der Waals surface area contributed by atoms with E-state index in [0.29, 0.717) is 47.2 Å². The lowest BCUT2D eigenvalue weighted by atomic mass is 9.93. The predicted octanol–water partition coefficient (Wildman–Crippen LogP) is 5.61. The standard InChI is InChI=1S/C34H32F3N5O/c1-2-24-28(36)12-7-20-5-3-6-25(29(20)24)26-10-11-27-31(30(26)37)39-33(40-32(27)41-17-22-8-9-23(18-41)38-22)43-19-34-13-4-14-42(34)16-21(35)15-34/h1,3,5-7,10-12,21-23,38H,4,8-9,13-19H2/t21-,22-,23+,34+/m1/s1. The Kier molecular flexibility index (Phi) is 6.28. The minimum atomic E-state index is -0.883. The Labute approximate surface area is 248 Å². The lowest BCUT2D eigenvalue weighted by Crippen LogP contribution is -2.51. The van der Waals surface area contributed by atoms with Crippen molar-refractivity contribution in [2.24, 2.45) is 0 Å². The molecule has 1 aromatic heterocycles. The van der Waals surface area contributed by atoms with Crippen LogP contribution in [0.1, 0.15) is 37.7 Å². The fourth-order valence-corrected chi connectivity index (χ4v) is 7.98. The molecule has 0 amide bonds. The molecule has 0 radical (unpaired) electrons. The highest BCUT2D eigenvalue weighted by atomic mass is 19.1. The Hall–Kier alpha value is -3.87. The lowest BCUT2D eigenvalue weighted by Gasteiger charge is -2.34.